The van der Waals surface area contributed by atoms with Crippen LogP contribution < -0.4 is 10.6 Å². The van der Waals surface area contributed by atoms with Gasteiger partial charge >= 0.3 is 5.97 Å². The van der Waals surface area contributed by atoms with Gasteiger partial charge in [0.05, 0.1) is 24.9 Å². The number of esters is 1. The first-order chi connectivity index (χ1) is 13.0. The summed E-state index contributed by atoms with van der Waals surface area (Å²) in [5.74, 6) is -0.0790. The van der Waals surface area contributed by atoms with Crippen LogP contribution in [0.25, 0.3) is 0 Å². The Morgan fingerprint density at radius 3 is 2.71 bits per heavy atom. The molecule has 0 fully saturated rings. The highest BCUT2D eigenvalue weighted by molar-refractivity contribution is 14.0. The van der Waals surface area contributed by atoms with Gasteiger partial charge in [-0.15, -0.1) is 35.3 Å². The van der Waals surface area contributed by atoms with Crippen LogP contribution in [0.2, 0.25) is 0 Å². The maximum Gasteiger partial charge on any atom is 0.350 e. The zero-order valence-electron chi connectivity index (χ0n) is 16.4. The summed E-state index contributed by atoms with van der Waals surface area (Å²) in [6, 6.07) is 6.40. The molecule has 0 aliphatic rings. The summed E-state index contributed by atoms with van der Waals surface area (Å²) in [6.07, 6.45) is 0. The van der Waals surface area contributed by atoms with Gasteiger partial charge in [0, 0.05) is 12.1 Å². The molecular weight excluding hydrogens is 494 g/mol. The van der Waals surface area contributed by atoms with Crippen molar-refractivity contribution in [3.05, 3.63) is 51.2 Å². The van der Waals surface area contributed by atoms with Gasteiger partial charge in [-0.1, -0.05) is 18.2 Å². The lowest BCUT2D eigenvalue weighted by molar-refractivity contribution is 0.0531. The highest BCUT2D eigenvalue weighted by Gasteiger charge is 2.20. The van der Waals surface area contributed by atoms with Crippen LogP contribution in [0.15, 0.2) is 29.3 Å². The molecule has 1 unspecified atom stereocenters. The number of aliphatic imine (C=N–C) groups is 1. The minimum atomic E-state index is -0.355. The van der Waals surface area contributed by atoms with E-state index in [4.69, 9.17) is 4.74 Å². The van der Waals surface area contributed by atoms with E-state index in [1.54, 1.807) is 32.0 Å². The van der Waals surface area contributed by atoms with Crippen molar-refractivity contribution < 1.29 is 13.9 Å². The topological polar surface area (TPSA) is 75.6 Å². The monoisotopic (exact) mass is 520 g/mol. The van der Waals surface area contributed by atoms with E-state index < -0.39 is 0 Å². The predicted molar refractivity (Wildman–Crippen MR) is 121 cm³/mol. The molecule has 0 spiro atoms. The summed E-state index contributed by atoms with van der Waals surface area (Å²) in [6.45, 7) is 8.66. The van der Waals surface area contributed by atoms with E-state index in [9.17, 15) is 9.18 Å². The fraction of sp³-hybridized carbons (Fsp3) is 0.421. The molecule has 1 heterocycles. The zero-order chi connectivity index (χ0) is 19.8. The molecule has 1 atom stereocenters. The van der Waals surface area contributed by atoms with Crippen LogP contribution in [0, 0.1) is 12.7 Å². The number of halogens is 2. The zero-order valence-corrected chi connectivity index (χ0v) is 19.6. The first-order valence-corrected chi connectivity index (χ1v) is 9.70. The average Bonchev–Trinajstić information content (AvgIpc) is 3.03. The van der Waals surface area contributed by atoms with Crippen LogP contribution in [0.3, 0.4) is 0 Å². The normalized spacial score (nSPS) is 12.1. The molecule has 0 saturated carbocycles. The molecule has 0 aliphatic carbocycles. The summed E-state index contributed by atoms with van der Waals surface area (Å²) in [5.41, 5.74) is 1.17. The summed E-state index contributed by atoms with van der Waals surface area (Å²) >= 11 is 1.30. The number of nitrogens with zero attached hydrogens (tertiary/aromatic N) is 2. The van der Waals surface area contributed by atoms with Crippen LogP contribution in [-0.4, -0.2) is 30.1 Å². The summed E-state index contributed by atoms with van der Waals surface area (Å²) in [5, 5.41) is 7.14. The Morgan fingerprint density at radius 1 is 1.36 bits per heavy atom. The summed E-state index contributed by atoms with van der Waals surface area (Å²) in [7, 11) is 0. The lowest BCUT2D eigenvalue weighted by Crippen LogP contribution is -2.38. The fourth-order valence-electron chi connectivity index (χ4n) is 2.37. The minimum absolute atomic E-state index is 0. The molecule has 2 N–H and O–H groups in total. The molecule has 1 aromatic heterocycles. The van der Waals surface area contributed by atoms with Gasteiger partial charge in [0.1, 0.15) is 15.7 Å². The maximum atomic E-state index is 13.8. The quantitative estimate of drug-likeness (QED) is 0.248. The van der Waals surface area contributed by atoms with Crippen molar-refractivity contribution in [3.8, 4) is 0 Å². The molecular formula is C19H26FIN4O2S. The van der Waals surface area contributed by atoms with Crippen LogP contribution in [0.4, 0.5) is 4.39 Å². The van der Waals surface area contributed by atoms with Crippen molar-refractivity contribution in [3.63, 3.8) is 0 Å². The van der Waals surface area contributed by atoms with Gasteiger partial charge in [0.2, 0.25) is 0 Å². The smallest absolute Gasteiger partial charge is 0.350 e. The standard InChI is InChI=1S/C19H25FN4O2S.HI/c1-5-21-19(22-11-14-9-7-8-10-15(14)20)24-13(4)17-23-12(3)16(27-17)18(25)26-6-2;/h7-10,13H,5-6,11H2,1-4H3,(H2,21,22,24);1H. The SMILES string of the molecule is CCNC(=NCc1ccccc1F)NC(C)c1nc(C)c(C(=O)OCC)s1.I. The van der Waals surface area contributed by atoms with E-state index in [1.807, 2.05) is 13.8 Å². The highest BCUT2D eigenvalue weighted by Crippen LogP contribution is 2.24. The van der Waals surface area contributed by atoms with E-state index in [2.05, 4.69) is 20.6 Å². The van der Waals surface area contributed by atoms with Crippen molar-refractivity contribution >= 4 is 47.2 Å². The Balaban J connectivity index is 0.00000392. The van der Waals surface area contributed by atoms with Gasteiger partial charge in [-0.2, -0.15) is 0 Å². The number of thiazole rings is 1. The number of guanidine groups is 1. The molecule has 6 nitrogen and oxygen atoms in total. The van der Waals surface area contributed by atoms with Crippen molar-refractivity contribution in [1.82, 2.24) is 15.6 Å². The number of carbonyl (C=O) groups excluding carboxylic acids is 1. The Hall–Kier alpha value is -1.75. The average molecular weight is 520 g/mol. The fourth-order valence-corrected chi connectivity index (χ4v) is 3.33. The number of benzene rings is 1. The number of ether oxygens (including phenoxy) is 1. The van der Waals surface area contributed by atoms with Gasteiger partial charge in [0.15, 0.2) is 5.96 Å². The van der Waals surface area contributed by atoms with Gasteiger partial charge < -0.3 is 15.4 Å². The Morgan fingerprint density at radius 2 is 2.07 bits per heavy atom. The van der Waals surface area contributed by atoms with Gasteiger partial charge in [-0.25, -0.2) is 19.2 Å². The maximum absolute atomic E-state index is 13.8. The lowest BCUT2D eigenvalue weighted by atomic mass is 10.2. The predicted octanol–water partition coefficient (Wildman–Crippen LogP) is 4.20. The number of nitrogens with one attached hydrogen (secondary N) is 2. The molecule has 1 aromatic carbocycles. The molecule has 28 heavy (non-hydrogen) atoms. The highest BCUT2D eigenvalue weighted by atomic mass is 127. The molecule has 0 amide bonds. The second-order valence-electron chi connectivity index (χ2n) is 5.84. The largest absolute Gasteiger partial charge is 0.462 e. The molecule has 2 rings (SSSR count). The number of aryl methyl sites for hydroxylation is 1. The number of hydrogen-bond donors (Lipinski definition) is 2. The van der Waals surface area contributed by atoms with E-state index >= 15 is 0 Å². The number of hydrogen-bond acceptors (Lipinski definition) is 5. The number of rotatable bonds is 7. The van der Waals surface area contributed by atoms with Crippen LogP contribution in [0.1, 0.15) is 52.7 Å². The second kappa shape index (κ2) is 11.9. The van der Waals surface area contributed by atoms with E-state index in [0.29, 0.717) is 35.2 Å². The van der Waals surface area contributed by atoms with Gasteiger partial charge in [-0.3, -0.25) is 0 Å². The van der Waals surface area contributed by atoms with Crippen LogP contribution in [0.5, 0.6) is 0 Å². The molecule has 0 saturated heterocycles. The third-order valence-corrected chi connectivity index (χ3v) is 5.03. The van der Waals surface area contributed by atoms with E-state index in [1.165, 1.54) is 17.4 Å². The molecule has 2 aromatic rings. The number of carbonyl (C=O) groups is 1. The van der Waals surface area contributed by atoms with Crippen molar-refractivity contribution in [1.29, 1.82) is 0 Å². The van der Waals surface area contributed by atoms with E-state index in [-0.39, 0.29) is 48.3 Å². The molecule has 154 valence electrons. The van der Waals surface area contributed by atoms with Crippen molar-refractivity contribution in [2.75, 3.05) is 13.2 Å². The Bertz CT molecular complexity index is 813. The van der Waals surface area contributed by atoms with Gasteiger partial charge in [0.25, 0.3) is 0 Å². The van der Waals surface area contributed by atoms with E-state index in [0.717, 1.165) is 5.01 Å². The summed E-state index contributed by atoms with van der Waals surface area (Å²) in [4.78, 5) is 21.4. The first-order valence-electron chi connectivity index (χ1n) is 8.88. The van der Waals surface area contributed by atoms with Crippen molar-refractivity contribution in [2.24, 2.45) is 4.99 Å². The third kappa shape index (κ3) is 6.69. The van der Waals surface area contributed by atoms with Crippen LogP contribution in [-0.2, 0) is 11.3 Å². The molecule has 0 aliphatic heterocycles. The molecule has 9 heteroatoms. The molecule has 0 radical (unpaired) electrons. The van der Waals surface area contributed by atoms with Gasteiger partial charge in [-0.05, 0) is 33.8 Å². The molecule has 0 bridgehead atoms. The first kappa shape index (κ1) is 24.3. The lowest BCUT2D eigenvalue weighted by Gasteiger charge is -2.16. The minimum Gasteiger partial charge on any atom is -0.462 e. The van der Waals surface area contributed by atoms with Crippen LogP contribution >= 0.6 is 35.3 Å². The van der Waals surface area contributed by atoms with Crippen molar-refractivity contribution in [2.45, 2.75) is 40.3 Å². The Kier molecular flexibility index (Phi) is 10.4. The Labute approximate surface area is 186 Å². The number of aromatic nitrogens is 1. The third-order valence-electron chi connectivity index (χ3n) is 3.71. The second-order valence-corrected chi connectivity index (χ2v) is 6.87. The summed E-state index contributed by atoms with van der Waals surface area (Å²) < 4.78 is 18.8.